The van der Waals surface area contributed by atoms with E-state index in [0.29, 0.717) is 21.7 Å². The molecule has 0 aliphatic heterocycles. The monoisotopic (exact) mass is 302 g/mol. The van der Waals surface area contributed by atoms with E-state index < -0.39 is 0 Å². The molecule has 2 aromatic heterocycles. The third-order valence-corrected chi connectivity index (χ3v) is 3.26. The van der Waals surface area contributed by atoms with E-state index in [9.17, 15) is 9.90 Å². The van der Waals surface area contributed by atoms with Crippen LogP contribution >= 0.6 is 11.6 Å². The van der Waals surface area contributed by atoms with Gasteiger partial charge in [-0.15, -0.1) is 0 Å². The highest BCUT2D eigenvalue weighted by Gasteiger charge is 2.12. The molecule has 6 nitrogen and oxygen atoms in total. The van der Waals surface area contributed by atoms with Crippen LogP contribution in [0.5, 0.6) is 5.75 Å². The number of aromatic nitrogens is 3. The lowest BCUT2D eigenvalue weighted by atomic mass is 10.2. The molecule has 21 heavy (non-hydrogen) atoms. The second-order valence-electron chi connectivity index (χ2n) is 4.54. The standard InChI is InChI=1S/C14H11ClN4O2/c1-19-7-17-11-4-8(6-16-13(11)19)14(21)18-10-3-2-9(15)5-12(10)20/h2-7,20H,1H3,(H,18,21). The van der Waals surface area contributed by atoms with Crippen molar-refractivity contribution in [2.45, 2.75) is 0 Å². The number of phenolic OH excluding ortho intramolecular Hbond substituents is 1. The number of nitrogens with one attached hydrogen (secondary N) is 1. The van der Waals surface area contributed by atoms with Crippen molar-refractivity contribution in [3.05, 3.63) is 47.4 Å². The number of rotatable bonds is 2. The summed E-state index contributed by atoms with van der Waals surface area (Å²) in [5.41, 5.74) is 1.97. The van der Waals surface area contributed by atoms with Crippen molar-refractivity contribution in [3.63, 3.8) is 0 Å². The van der Waals surface area contributed by atoms with Crippen LogP contribution in [0.1, 0.15) is 10.4 Å². The number of imidazole rings is 1. The average molecular weight is 303 g/mol. The molecule has 0 saturated heterocycles. The molecule has 0 spiro atoms. The molecule has 0 bridgehead atoms. The highest BCUT2D eigenvalue weighted by Crippen LogP contribution is 2.27. The number of aryl methyl sites for hydroxylation is 1. The van der Waals surface area contributed by atoms with E-state index >= 15 is 0 Å². The number of fused-ring (bicyclic) bond motifs is 1. The molecule has 0 aliphatic rings. The van der Waals surface area contributed by atoms with Crippen molar-refractivity contribution < 1.29 is 9.90 Å². The quantitative estimate of drug-likeness (QED) is 0.713. The van der Waals surface area contributed by atoms with Gasteiger partial charge in [0, 0.05) is 24.3 Å². The van der Waals surface area contributed by atoms with Crippen LogP contribution in [0.3, 0.4) is 0 Å². The van der Waals surface area contributed by atoms with Gasteiger partial charge < -0.3 is 15.0 Å². The van der Waals surface area contributed by atoms with Gasteiger partial charge in [0.2, 0.25) is 0 Å². The summed E-state index contributed by atoms with van der Waals surface area (Å²) in [6.07, 6.45) is 3.09. The number of hydrogen-bond donors (Lipinski definition) is 2. The van der Waals surface area contributed by atoms with Gasteiger partial charge in [0.05, 0.1) is 17.6 Å². The van der Waals surface area contributed by atoms with Gasteiger partial charge in [0.15, 0.2) is 5.65 Å². The molecular weight excluding hydrogens is 292 g/mol. The van der Waals surface area contributed by atoms with Crippen molar-refractivity contribution >= 4 is 34.4 Å². The van der Waals surface area contributed by atoms with Gasteiger partial charge in [-0.25, -0.2) is 9.97 Å². The normalized spacial score (nSPS) is 10.8. The van der Waals surface area contributed by atoms with Crippen LogP contribution in [0.25, 0.3) is 11.2 Å². The number of nitrogens with zero attached hydrogens (tertiary/aromatic N) is 3. The zero-order valence-electron chi connectivity index (χ0n) is 11.0. The minimum atomic E-state index is -0.382. The second kappa shape index (κ2) is 5.06. The molecule has 0 unspecified atom stereocenters. The third-order valence-electron chi connectivity index (χ3n) is 3.02. The summed E-state index contributed by atoms with van der Waals surface area (Å²) in [6.45, 7) is 0. The Hall–Kier alpha value is -2.60. The van der Waals surface area contributed by atoms with Crippen molar-refractivity contribution in [1.29, 1.82) is 0 Å². The molecule has 0 saturated carbocycles. The van der Waals surface area contributed by atoms with Gasteiger partial charge in [-0.3, -0.25) is 4.79 Å². The number of carbonyl (C=O) groups is 1. The van der Waals surface area contributed by atoms with E-state index in [-0.39, 0.29) is 17.3 Å². The molecule has 0 fully saturated rings. The Labute approximate surface area is 125 Å². The number of anilines is 1. The maximum absolute atomic E-state index is 12.2. The molecular formula is C14H11ClN4O2. The van der Waals surface area contributed by atoms with Crippen LogP contribution in [0, 0.1) is 0 Å². The maximum Gasteiger partial charge on any atom is 0.257 e. The molecule has 3 aromatic rings. The number of halogens is 1. The molecule has 0 radical (unpaired) electrons. The van der Waals surface area contributed by atoms with Gasteiger partial charge in [-0.2, -0.15) is 0 Å². The van der Waals surface area contributed by atoms with Gasteiger partial charge in [-0.05, 0) is 18.2 Å². The van der Waals surface area contributed by atoms with Gasteiger partial charge in [-0.1, -0.05) is 11.6 Å². The van der Waals surface area contributed by atoms with Crippen molar-refractivity contribution in [3.8, 4) is 5.75 Å². The number of hydrogen-bond acceptors (Lipinski definition) is 4. The first kappa shape index (κ1) is 13.4. The maximum atomic E-state index is 12.2. The van der Waals surface area contributed by atoms with E-state index in [4.69, 9.17) is 11.6 Å². The summed E-state index contributed by atoms with van der Waals surface area (Å²) >= 11 is 5.74. The smallest absolute Gasteiger partial charge is 0.257 e. The summed E-state index contributed by atoms with van der Waals surface area (Å²) < 4.78 is 1.77. The Bertz CT molecular complexity index is 844. The third kappa shape index (κ3) is 2.53. The first-order valence-corrected chi connectivity index (χ1v) is 6.49. The number of carbonyl (C=O) groups excluding carboxylic acids is 1. The zero-order valence-corrected chi connectivity index (χ0v) is 11.8. The van der Waals surface area contributed by atoms with Gasteiger partial charge >= 0.3 is 0 Å². The minimum Gasteiger partial charge on any atom is -0.506 e. The number of aromatic hydroxyl groups is 1. The molecule has 0 aliphatic carbocycles. The van der Waals surface area contributed by atoms with E-state index in [1.54, 1.807) is 23.0 Å². The number of benzene rings is 1. The minimum absolute atomic E-state index is 0.0947. The van der Waals surface area contributed by atoms with Crippen LogP contribution in [0.15, 0.2) is 36.8 Å². The van der Waals surface area contributed by atoms with Crippen LogP contribution in [0.2, 0.25) is 5.02 Å². The summed E-state index contributed by atoms with van der Waals surface area (Å²) in [5.74, 6) is -0.476. The van der Waals surface area contributed by atoms with E-state index in [1.807, 2.05) is 7.05 Å². The van der Waals surface area contributed by atoms with Gasteiger partial charge in [0.25, 0.3) is 5.91 Å². The van der Waals surface area contributed by atoms with Crippen molar-refractivity contribution in [2.24, 2.45) is 7.05 Å². The number of amides is 1. The number of phenols is 1. The van der Waals surface area contributed by atoms with E-state index in [2.05, 4.69) is 15.3 Å². The molecule has 2 heterocycles. The van der Waals surface area contributed by atoms with E-state index in [0.717, 1.165) is 0 Å². The van der Waals surface area contributed by atoms with Crippen LogP contribution in [-0.4, -0.2) is 25.5 Å². The van der Waals surface area contributed by atoms with Crippen LogP contribution in [-0.2, 0) is 7.05 Å². The fraction of sp³-hybridized carbons (Fsp3) is 0.0714. The molecule has 106 valence electrons. The first-order valence-electron chi connectivity index (χ1n) is 6.11. The Morgan fingerprint density at radius 3 is 2.90 bits per heavy atom. The summed E-state index contributed by atoms with van der Waals surface area (Å²) in [4.78, 5) is 20.5. The topological polar surface area (TPSA) is 80.0 Å². The lowest BCUT2D eigenvalue weighted by molar-refractivity contribution is 0.102. The molecule has 1 aromatic carbocycles. The van der Waals surface area contributed by atoms with Crippen LogP contribution < -0.4 is 5.32 Å². The number of pyridine rings is 1. The predicted octanol–water partition coefficient (Wildman–Crippen LogP) is 2.58. The summed E-state index contributed by atoms with van der Waals surface area (Å²) in [6, 6.07) is 6.11. The van der Waals surface area contributed by atoms with Crippen molar-refractivity contribution in [2.75, 3.05) is 5.32 Å². The average Bonchev–Trinajstić information content (AvgIpc) is 2.83. The highest BCUT2D eigenvalue weighted by molar-refractivity contribution is 6.30. The molecule has 1 amide bonds. The Balaban J connectivity index is 1.89. The Kier molecular flexibility index (Phi) is 3.23. The highest BCUT2D eigenvalue weighted by atomic mass is 35.5. The summed E-state index contributed by atoms with van der Waals surface area (Å²) in [5, 5.41) is 12.7. The fourth-order valence-corrected chi connectivity index (χ4v) is 2.11. The van der Waals surface area contributed by atoms with Gasteiger partial charge in [0.1, 0.15) is 11.3 Å². The molecule has 3 rings (SSSR count). The molecule has 2 N–H and O–H groups in total. The molecule has 7 heteroatoms. The lowest BCUT2D eigenvalue weighted by Gasteiger charge is -2.07. The molecule has 0 atom stereocenters. The SMILES string of the molecule is Cn1cnc2cc(C(=O)Nc3ccc(Cl)cc3O)cnc21. The Morgan fingerprint density at radius 1 is 1.33 bits per heavy atom. The Morgan fingerprint density at radius 2 is 2.14 bits per heavy atom. The van der Waals surface area contributed by atoms with Crippen LogP contribution in [0.4, 0.5) is 5.69 Å². The van der Waals surface area contributed by atoms with Crippen molar-refractivity contribution in [1.82, 2.24) is 14.5 Å². The lowest BCUT2D eigenvalue weighted by Crippen LogP contribution is -2.12. The largest absolute Gasteiger partial charge is 0.506 e. The summed E-state index contributed by atoms with van der Waals surface area (Å²) in [7, 11) is 1.83. The zero-order chi connectivity index (χ0) is 15.0. The second-order valence-corrected chi connectivity index (χ2v) is 4.97. The van der Waals surface area contributed by atoms with E-state index in [1.165, 1.54) is 18.3 Å². The fourth-order valence-electron chi connectivity index (χ4n) is 1.95. The predicted molar refractivity (Wildman–Crippen MR) is 79.6 cm³/mol. The first-order chi connectivity index (χ1) is 10.0.